The van der Waals surface area contributed by atoms with E-state index < -0.39 is 21.3 Å². The first kappa shape index (κ1) is 12.0. The maximum absolute atomic E-state index is 9.04. The van der Waals surface area contributed by atoms with Gasteiger partial charge in [-0.15, -0.1) is 0 Å². The van der Waals surface area contributed by atoms with E-state index >= 15 is 0 Å². The number of hydrogen-bond donors (Lipinski definition) is 0. The average Bonchev–Trinajstić information content (AvgIpc) is 2.67. The molecule has 0 unspecified atom stereocenters. The largest absolute Gasteiger partial charge is 0.256 e. The van der Waals surface area contributed by atoms with E-state index in [-0.39, 0.29) is 5.92 Å². The van der Waals surface area contributed by atoms with Crippen LogP contribution in [-0.4, -0.2) is 13.1 Å². The molecule has 1 fully saturated rings. The molecule has 2 aromatic rings. The third kappa shape index (κ3) is 4.16. The quantitative estimate of drug-likeness (QED) is 0.647. The highest BCUT2D eigenvalue weighted by atomic mass is 28.3. The molecule has 0 amide bonds. The summed E-state index contributed by atoms with van der Waals surface area (Å²) < 4.78 is 40.7. The van der Waals surface area contributed by atoms with E-state index in [0.29, 0.717) is 11.3 Å². The second-order valence-corrected chi connectivity index (χ2v) is 13.0. The summed E-state index contributed by atoms with van der Waals surface area (Å²) in [6.45, 7) is 4.57. The second kappa shape index (κ2) is 7.22. The van der Waals surface area contributed by atoms with Crippen LogP contribution in [0.1, 0.15) is 50.1 Å². The Morgan fingerprint density at radius 2 is 1.83 bits per heavy atom. The number of pyridine rings is 1. The molecular weight excluding hydrogens is 306 g/mol. The summed E-state index contributed by atoms with van der Waals surface area (Å²) in [7, 11) is -1.79. The van der Waals surface area contributed by atoms with Gasteiger partial charge in [0, 0.05) is 18.6 Å². The van der Waals surface area contributed by atoms with Gasteiger partial charge in [0.15, 0.2) is 0 Å². The molecule has 1 aromatic heterocycles. The summed E-state index contributed by atoms with van der Waals surface area (Å²) in [5.74, 6) is 0.0412. The first-order chi connectivity index (χ1) is 13.4. The van der Waals surface area contributed by atoms with Crippen molar-refractivity contribution in [1.82, 2.24) is 4.98 Å². The van der Waals surface area contributed by atoms with E-state index in [1.807, 2.05) is 12.3 Å². The average molecular weight is 343 g/mol. The van der Waals surface area contributed by atoms with Crippen molar-refractivity contribution in [2.45, 2.75) is 65.0 Å². The lowest BCUT2D eigenvalue weighted by Gasteiger charge is -2.26. The van der Waals surface area contributed by atoms with Gasteiger partial charge in [-0.3, -0.25) is 4.98 Å². The number of benzene rings is 1. The van der Waals surface area contributed by atoms with Gasteiger partial charge in [0.25, 0.3) is 0 Å². The molecule has 0 bridgehead atoms. The summed E-state index contributed by atoms with van der Waals surface area (Å²) in [4.78, 5) is 4.65. The van der Waals surface area contributed by atoms with E-state index in [2.05, 4.69) is 24.6 Å². The molecule has 24 heavy (non-hydrogen) atoms. The molecular formula is C22H31NSi. The van der Waals surface area contributed by atoms with E-state index in [4.69, 9.17) is 6.85 Å². The normalized spacial score (nSPS) is 20.5. The van der Waals surface area contributed by atoms with Crippen LogP contribution in [0.25, 0.3) is 11.3 Å². The van der Waals surface area contributed by atoms with Crippen LogP contribution in [-0.2, 0) is 6.37 Å². The third-order valence-electron chi connectivity index (χ3n) is 4.86. The predicted octanol–water partition coefficient (Wildman–Crippen LogP) is 5.73. The van der Waals surface area contributed by atoms with Gasteiger partial charge in [-0.2, -0.15) is 0 Å². The van der Waals surface area contributed by atoms with Crippen LogP contribution in [0.5, 0.6) is 0 Å². The zero-order chi connectivity index (χ0) is 21.4. The minimum atomic E-state index is -2.13. The van der Waals surface area contributed by atoms with Crippen LogP contribution in [0.15, 0.2) is 36.5 Å². The highest BCUT2D eigenvalue weighted by Crippen LogP contribution is 2.28. The number of aryl methyl sites for hydroxylation is 1. The lowest BCUT2D eigenvalue weighted by Crippen LogP contribution is -2.41. The van der Waals surface area contributed by atoms with Crippen molar-refractivity contribution < 1.29 is 6.85 Å². The van der Waals surface area contributed by atoms with Crippen LogP contribution >= 0.6 is 0 Å². The molecule has 1 saturated carbocycles. The maximum Gasteiger partial charge on any atom is 0.0799 e. The molecule has 128 valence electrons. The van der Waals surface area contributed by atoms with Gasteiger partial charge in [0.2, 0.25) is 0 Å². The van der Waals surface area contributed by atoms with E-state index in [1.165, 1.54) is 6.42 Å². The van der Waals surface area contributed by atoms with Gasteiger partial charge >= 0.3 is 0 Å². The van der Waals surface area contributed by atoms with E-state index in [9.17, 15) is 0 Å². The lowest BCUT2D eigenvalue weighted by molar-refractivity contribution is 0.357. The topological polar surface area (TPSA) is 12.9 Å². The summed E-state index contributed by atoms with van der Waals surface area (Å²) in [5.41, 5.74) is 2.62. The smallest absolute Gasteiger partial charge is 0.0799 e. The minimum Gasteiger partial charge on any atom is -0.256 e. The molecule has 1 aliphatic rings. The Labute approximate surface area is 155 Å². The fourth-order valence-electron chi connectivity index (χ4n) is 3.44. The number of hydrogen-bond acceptors (Lipinski definition) is 1. The van der Waals surface area contributed by atoms with Gasteiger partial charge in [-0.05, 0) is 36.0 Å². The van der Waals surface area contributed by atoms with Gasteiger partial charge in [0.1, 0.15) is 0 Å². The van der Waals surface area contributed by atoms with Crippen molar-refractivity contribution in [2.75, 3.05) is 0 Å². The van der Waals surface area contributed by atoms with Gasteiger partial charge in [0.05, 0.1) is 13.8 Å². The Bertz CT molecular complexity index is 847. The molecule has 1 aliphatic carbocycles. The molecule has 3 rings (SSSR count). The van der Waals surface area contributed by atoms with Crippen molar-refractivity contribution in [1.29, 1.82) is 0 Å². The van der Waals surface area contributed by atoms with Crippen LogP contribution in [0.2, 0.25) is 19.6 Å². The summed E-state index contributed by atoms with van der Waals surface area (Å²) in [5, 5.41) is 1.08. The molecule has 1 nitrogen and oxygen atoms in total. The molecule has 1 aromatic carbocycles. The fraction of sp³-hybridized carbons (Fsp3) is 0.500. The third-order valence-corrected chi connectivity index (χ3v) is 6.87. The first-order valence-electron chi connectivity index (χ1n) is 11.5. The molecule has 0 aliphatic heterocycles. The highest BCUT2D eigenvalue weighted by molar-refractivity contribution is 6.89. The zero-order valence-corrected chi connectivity index (χ0v) is 16.0. The molecule has 0 radical (unpaired) electrons. The van der Waals surface area contributed by atoms with Gasteiger partial charge in [-0.1, -0.05) is 81.6 Å². The zero-order valence-electron chi connectivity index (χ0n) is 20.0. The minimum absolute atomic E-state index is 0.0412. The second-order valence-electron chi connectivity index (χ2n) is 7.92. The van der Waals surface area contributed by atoms with Crippen LogP contribution in [0.3, 0.4) is 0 Å². The van der Waals surface area contributed by atoms with Crippen LogP contribution in [0.4, 0.5) is 0 Å². The molecule has 0 N–H and O–H groups in total. The molecule has 0 spiro atoms. The van der Waals surface area contributed by atoms with Crippen molar-refractivity contribution in [2.24, 2.45) is 5.92 Å². The molecule has 0 saturated heterocycles. The first-order valence-corrected chi connectivity index (χ1v) is 12.5. The Balaban J connectivity index is 2.06. The van der Waals surface area contributed by atoms with Crippen molar-refractivity contribution in [3.05, 3.63) is 47.7 Å². The van der Waals surface area contributed by atoms with E-state index in [1.54, 1.807) is 24.3 Å². The standard InChI is InChI=1S/C22H31NSi/c1-17-10-12-19(13-11-17)21-15-20(14-18-8-6-5-7-9-18)22(16-23-21)24(2,3)4/h10-13,15-16,18H,5-9,14H2,1-4H3/i1D3,14D2. The SMILES string of the molecule is [2H]C([2H])([2H])c1ccc(-c2cc(C([2H])([2H])C3CCCCC3)c([Si](C)(C)C)cn2)cc1. The number of nitrogens with zero attached hydrogens (tertiary/aromatic N) is 1. The molecule has 1 heterocycles. The Kier molecular flexibility index (Phi) is 3.62. The monoisotopic (exact) mass is 342 g/mol. The van der Waals surface area contributed by atoms with E-state index in [0.717, 1.165) is 42.0 Å². The van der Waals surface area contributed by atoms with Crippen molar-refractivity contribution in [3.63, 3.8) is 0 Å². The molecule has 2 heteroatoms. The van der Waals surface area contributed by atoms with Crippen molar-refractivity contribution in [3.8, 4) is 11.3 Å². The van der Waals surface area contributed by atoms with Crippen LogP contribution < -0.4 is 5.19 Å². The van der Waals surface area contributed by atoms with Gasteiger partial charge in [-0.25, -0.2) is 0 Å². The fourth-order valence-corrected chi connectivity index (χ4v) is 4.84. The summed E-state index contributed by atoms with van der Waals surface area (Å²) in [6, 6.07) is 8.71. The Hall–Kier alpha value is -1.41. The Morgan fingerprint density at radius 3 is 2.46 bits per heavy atom. The number of rotatable bonds is 4. The lowest BCUT2D eigenvalue weighted by atomic mass is 9.85. The number of aromatic nitrogens is 1. The summed E-state index contributed by atoms with van der Waals surface area (Å²) >= 11 is 0. The maximum atomic E-state index is 9.04. The van der Waals surface area contributed by atoms with Gasteiger partial charge < -0.3 is 0 Å². The summed E-state index contributed by atoms with van der Waals surface area (Å²) in [6.07, 6.45) is 5.75. The van der Waals surface area contributed by atoms with Crippen molar-refractivity contribution >= 4 is 13.3 Å². The molecule has 0 atom stereocenters. The predicted molar refractivity (Wildman–Crippen MR) is 108 cm³/mol. The van der Waals surface area contributed by atoms with Crippen LogP contribution in [0, 0.1) is 12.8 Å². The Morgan fingerprint density at radius 1 is 1.12 bits per heavy atom. The highest BCUT2D eigenvalue weighted by Gasteiger charge is 2.23.